The summed E-state index contributed by atoms with van der Waals surface area (Å²) in [6.45, 7) is 1.29. The molecule has 0 saturated carbocycles. The lowest BCUT2D eigenvalue weighted by Gasteiger charge is -2.13. The highest BCUT2D eigenvalue weighted by Gasteiger charge is 2.34. The van der Waals surface area contributed by atoms with Crippen molar-refractivity contribution in [3.63, 3.8) is 0 Å². The summed E-state index contributed by atoms with van der Waals surface area (Å²) in [5.41, 5.74) is 1.62. The molecule has 0 fully saturated rings. The molecule has 1 aliphatic heterocycles. The number of anilines is 1. The van der Waals surface area contributed by atoms with Gasteiger partial charge in [-0.3, -0.25) is 9.59 Å². The molecule has 2 heterocycles. The monoisotopic (exact) mass is 460 g/mol. The summed E-state index contributed by atoms with van der Waals surface area (Å²) in [4.78, 5) is 24.8. The maximum atomic E-state index is 13.7. The molecular weight excluding hydrogens is 442 g/mol. The van der Waals surface area contributed by atoms with E-state index in [1.807, 2.05) is 19.1 Å². The van der Waals surface area contributed by atoms with Gasteiger partial charge in [-0.2, -0.15) is 5.10 Å². The van der Waals surface area contributed by atoms with E-state index < -0.39 is 39.8 Å². The number of amides is 2. The Labute approximate surface area is 182 Å². The van der Waals surface area contributed by atoms with Gasteiger partial charge in [-0.15, -0.1) is 0 Å². The van der Waals surface area contributed by atoms with E-state index in [9.17, 15) is 26.8 Å². The van der Waals surface area contributed by atoms with E-state index in [1.54, 1.807) is 12.1 Å². The number of aromatic nitrogens is 2. The van der Waals surface area contributed by atoms with Crippen LogP contribution in [0.2, 0.25) is 0 Å². The topological polar surface area (TPSA) is 110 Å². The third-order valence-corrected chi connectivity index (χ3v) is 6.50. The fourth-order valence-corrected chi connectivity index (χ4v) is 4.95. The van der Waals surface area contributed by atoms with Crippen molar-refractivity contribution in [3.05, 3.63) is 76.5 Å². The number of hydrogen-bond acceptors (Lipinski definition) is 5. The minimum absolute atomic E-state index is 0.0626. The Morgan fingerprint density at radius 2 is 1.72 bits per heavy atom. The van der Waals surface area contributed by atoms with E-state index in [2.05, 4.69) is 15.7 Å². The first-order valence-corrected chi connectivity index (χ1v) is 11.4. The smallest absolute Gasteiger partial charge is 0.314 e. The Hall–Kier alpha value is -3.60. The molecule has 0 unspecified atom stereocenters. The van der Waals surface area contributed by atoms with E-state index in [1.165, 1.54) is 10.7 Å². The highest BCUT2D eigenvalue weighted by Crippen LogP contribution is 2.33. The van der Waals surface area contributed by atoms with Gasteiger partial charge in [0.1, 0.15) is 17.5 Å². The van der Waals surface area contributed by atoms with Gasteiger partial charge in [-0.1, -0.05) is 24.3 Å². The van der Waals surface area contributed by atoms with Gasteiger partial charge in [0.25, 0.3) is 0 Å². The normalized spacial score (nSPS) is 14.1. The number of carbonyl (C=O) groups is 2. The molecule has 11 heteroatoms. The lowest BCUT2D eigenvalue weighted by atomic mass is 10.2. The number of nitrogens with zero attached hydrogens (tertiary/aromatic N) is 2. The fraction of sp³-hybridized carbons (Fsp3) is 0.190. The van der Waals surface area contributed by atoms with Crippen LogP contribution in [0.4, 0.5) is 14.6 Å². The maximum absolute atomic E-state index is 13.7. The summed E-state index contributed by atoms with van der Waals surface area (Å²) in [7, 11) is -3.42. The van der Waals surface area contributed by atoms with Crippen molar-refractivity contribution in [2.75, 3.05) is 5.32 Å². The standard InChI is InChI=1S/C21H18F2N4O4S/c1-12-5-2-3-8-18(12)27-19(14-10-32(30,31)11-17(14)26-27)25-21(29)20(28)24-9-13-15(22)6-4-7-16(13)23/h2-8H,9-11H2,1H3,(H,24,28)(H,25,29). The number of nitrogens with one attached hydrogen (secondary N) is 2. The van der Waals surface area contributed by atoms with E-state index in [0.717, 1.165) is 17.7 Å². The molecule has 0 atom stereocenters. The lowest BCUT2D eigenvalue weighted by Crippen LogP contribution is -2.36. The number of rotatable bonds is 4. The first-order chi connectivity index (χ1) is 15.2. The lowest BCUT2D eigenvalue weighted by molar-refractivity contribution is -0.136. The number of halogens is 2. The quantitative estimate of drug-likeness (QED) is 0.580. The zero-order valence-corrected chi connectivity index (χ0v) is 17.7. The first kappa shape index (κ1) is 21.6. The molecule has 0 aliphatic carbocycles. The summed E-state index contributed by atoms with van der Waals surface area (Å²) in [6, 6.07) is 10.4. The number of sulfone groups is 1. The Kier molecular flexibility index (Phi) is 5.51. The molecule has 2 N–H and O–H groups in total. The van der Waals surface area contributed by atoms with Crippen LogP contribution in [-0.4, -0.2) is 30.0 Å². The molecule has 2 aromatic carbocycles. The molecule has 32 heavy (non-hydrogen) atoms. The highest BCUT2D eigenvalue weighted by molar-refractivity contribution is 7.90. The summed E-state index contributed by atoms with van der Waals surface area (Å²) in [5, 5.41) is 8.92. The Morgan fingerprint density at radius 3 is 2.41 bits per heavy atom. The second-order valence-electron chi connectivity index (χ2n) is 7.34. The molecule has 1 aromatic heterocycles. The average Bonchev–Trinajstić information content (AvgIpc) is 3.20. The number of aryl methyl sites for hydroxylation is 1. The van der Waals surface area contributed by atoms with Gasteiger partial charge in [0, 0.05) is 17.7 Å². The number of para-hydroxylation sites is 1. The molecule has 2 amide bonds. The van der Waals surface area contributed by atoms with Crippen molar-refractivity contribution in [2.45, 2.75) is 25.0 Å². The van der Waals surface area contributed by atoms with Crippen LogP contribution in [0.1, 0.15) is 22.4 Å². The number of hydrogen-bond donors (Lipinski definition) is 2. The predicted molar refractivity (Wildman–Crippen MR) is 111 cm³/mol. The first-order valence-electron chi connectivity index (χ1n) is 9.55. The molecule has 8 nitrogen and oxygen atoms in total. The van der Waals surface area contributed by atoms with Gasteiger partial charge in [-0.25, -0.2) is 21.9 Å². The summed E-state index contributed by atoms with van der Waals surface area (Å²) in [5.74, 6) is -4.51. The third-order valence-electron chi connectivity index (χ3n) is 5.06. The summed E-state index contributed by atoms with van der Waals surface area (Å²) >= 11 is 0. The van der Waals surface area contributed by atoms with Crippen LogP contribution in [-0.2, 0) is 37.5 Å². The Balaban J connectivity index is 1.60. The van der Waals surface area contributed by atoms with Crippen LogP contribution in [0, 0.1) is 18.6 Å². The third kappa shape index (κ3) is 4.11. The van der Waals surface area contributed by atoms with Gasteiger partial charge in [0.2, 0.25) is 0 Å². The maximum Gasteiger partial charge on any atom is 0.314 e. The fourth-order valence-electron chi connectivity index (χ4n) is 3.46. The van der Waals surface area contributed by atoms with Crippen LogP contribution in [0.3, 0.4) is 0 Å². The van der Waals surface area contributed by atoms with Gasteiger partial charge in [-0.05, 0) is 30.7 Å². The van der Waals surface area contributed by atoms with Crippen molar-refractivity contribution in [3.8, 4) is 5.69 Å². The number of benzene rings is 2. The zero-order chi connectivity index (χ0) is 23.0. The Bertz CT molecular complexity index is 1330. The second kappa shape index (κ2) is 8.15. The van der Waals surface area contributed by atoms with E-state index in [0.29, 0.717) is 11.3 Å². The largest absolute Gasteiger partial charge is 0.344 e. The van der Waals surface area contributed by atoms with Crippen LogP contribution in [0.15, 0.2) is 42.5 Å². The number of fused-ring (bicyclic) bond motifs is 1. The van der Waals surface area contributed by atoms with Gasteiger partial charge in [0.15, 0.2) is 9.84 Å². The van der Waals surface area contributed by atoms with E-state index in [-0.39, 0.29) is 28.6 Å². The van der Waals surface area contributed by atoms with Crippen molar-refractivity contribution in [1.29, 1.82) is 0 Å². The predicted octanol–water partition coefficient (Wildman–Crippen LogP) is 2.14. The SMILES string of the molecule is Cc1ccccc1-n1nc2c(c1NC(=O)C(=O)NCc1c(F)cccc1F)CS(=O)(=O)C2. The molecule has 0 radical (unpaired) electrons. The zero-order valence-electron chi connectivity index (χ0n) is 16.9. The van der Waals surface area contributed by atoms with Crippen LogP contribution in [0.25, 0.3) is 5.69 Å². The summed E-state index contributed by atoms with van der Waals surface area (Å²) in [6.07, 6.45) is 0. The molecule has 166 valence electrons. The molecule has 0 spiro atoms. The second-order valence-corrected chi connectivity index (χ2v) is 9.41. The minimum Gasteiger partial charge on any atom is -0.344 e. The van der Waals surface area contributed by atoms with Crippen molar-refractivity contribution in [2.24, 2.45) is 0 Å². The molecule has 1 aliphatic rings. The number of carbonyl (C=O) groups excluding carboxylic acids is 2. The average molecular weight is 460 g/mol. The highest BCUT2D eigenvalue weighted by atomic mass is 32.2. The van der Waals surface area contributed by atoms with Crippen molar-refractivity contribution in [1.82, 2.24) is 15.1 Å². The Morgan fingerprint density at radius 1 is 1.03 bits per heavy atom. The van der Waals surface area contributed by atoms with Crippen LogP contribution in [0.5, 0.6) is 0 Å². The molecular formula is C21H18F2N4O4S. The van der Waals surface area contributed by atoms with Gasteiger partial charge < -0.3 is 10.6 Å². The minimum atomic E-state index is -3.42. The van der Waals surface area contributed by atoms with Crippen molar-refractivity contribution < 1.29 is 26.8 Å². The van der Waals surface area contributed by atoms with E-state index in [4.69, 9.17) is 0 Å². The van der Waals surface area contributed by atoms with E-state index >= 15 is 0 Å². The van der Waals surface area contributed by atoms with Gasteiger partial charge >= 0.3 is 11.8 Å². The van der Waals surface area contributed by atoms with Gasteiger partial charge in [0.05, 0.1) is 22.9 Å². The van der Waals surface area contributed by atoms with Crippen LogP contribution >= 0.6 is 0 Å². The molecule has 4 rings (SSSR count). The summed E-state index contributed by atoms with van der Waals surface area (Å²) < 4.78 is 53.0. The van der Waals surface area contributed by atoms with Crippen molar-refractivity contribution >= 4 is 27.5 Å². The molecule has 0 bridgehead atoms. The van der Waals surface area contributed by atoms with Crippen LogP contribution < -0.4 is 10.6 Å². The molecule has 3 aromatic rings. The molecule has 0 saturated heterocycles.